The van der Waals surface area contributed by atoms with Gasteiger partial charge < -0.3 is 25.3 Å². The van der Waals surface area contributed by atoms with Crippen LogP contribution in [0.1, 0.15) is 37.4 Å². The monoisotopic (exact) mass is 475 g/mol. The van der Waals surface area contributed by atoms with Crippen molar-refractivity contribution in [3.05, 3.63) is 35.4 Å². The van der Waals surface area contributed by atoms with E-state index in [9.17, 15) is 27.9 Å². The Kier molecular flexibility index (Phi) is 10.6. The minimum absolute atomic E-state index is 0.0294. The number of alkyl halides is 3. The first-order chi connectivity index (χ1) is 15.3. The fraction of sp³-hybridized carbons (Fsp3) is 0.591. The highest BCUT2D eigenvalue weighted by Gasteiger charge is 2.38. The number of carboxylic acids is 2. The van der Waals surface area contributed by atoms with E-state index in [1.54, 1.807) is 4.90 Å². The second kappa shape index (κ2) is 12.4. The number of rotatable bonds is 6. The Labute approximate surface area is 191 Å². The van der Waals surface area contributed by atoms with Crippen molar-refractivity contribution in [2.75, 3.05) is 33.7 Å². The fourth-order valence-electron chi connectivity index (χ4n) is 3.57. The maximum Gasteiger partial charge on any atom is 0.490 e. The number of urea groups is 1. The van der Waals surface area contributed by atoms with Crippen molar-refractivity contribution in [1.29, 1.82) is 0 Å². The molecule has 0 spiro atoms. The van der Waals surface area contributed by atoms with E-state index in [2.05, 4.69) is 41.4 Å². The topological polar surface area (TPSA) is 110 Å². The third-order valence-corrected chi connectivity index (χ3v) is 5.59. The first kappa shape index (κ1) is 28.2. The molecule has 3 atom stereocenters. The first-order valence-corrected chi connectivity index (χ1v) is 10.6. The third kappa shape index (κ3) is 8.91. The maximum atomic E-state index is 12.5. The summed E-state index contributed by atoms with van der Waals surface area (Å²) in [6.45, 7) is 5.53. The van der Waals surface area contributed by atoms with Crippen LogP contribution in [-0.2, 0) is 16.0 Å². The maximum absolute atomic E-state index is 12.5. The summed E-state index contributed by atoms with van der Waals surface area (Å²) in [6, 6.07) is 8.49. The summed E-state index contributed by atoms with van der Waals surface area (Å²) in [6.07, 6.45) is -3.56. The lowest BCUT2D eigenvalue weighted by atomic mass is 9.87. The molecule has 0 aliphatic carbocycles. The molecule has 1 aliphatic heterocycles. The molecule has 186 valence electrons. The van der Waals surface area contributed by atoms with E-state index >= 15 is 0 Å². The molecule has 1 heterocycles. The number of aryl methyl sites for hydroxylation is 1. The van der Waals surface area contributed by atoms with Crippen LogP contribution in [-0.4, -0.2) is 77.9 Å². The lowest BCUT2D eigenvalue weighted by Gasteiger charge is -2.35. The number of amides is 2. The Hall–Kier alpha value is -2.82. The van der Waals surface area contributed by atoms with Crippen molar-refractivity contribution < 1.29 is 37.8 Å². The van der Waals surface area contributed by atoms with Crippen LogP contribution in [0.15, 0.2) is 24.3 Å². The van der Waals surface area contributed by atoms with Gasteiger partial charge in [0.1, 0.15) is 0 Å². The van der Waals surface area contributed by atoms with E-state index in [1.807, 2.05) is 21.0 Å². The number of likely N-dealkylation sites (N-methyl/N-ethyl adjacent to an activating group) is 1. The van der Waals surface area contributed by atoms with Gasteiger partial charge in [-0.1, -0.05) is 38.1 Å². The molecule has 0 saturated carbocycles. The molecular formula is C22H32F3N3O5. The lowest BCUT2D eigenvalue weighted by Crippen LogP contribution is -2.50. The van der Waals surface area contributed by atoms with Gasteiger partial charge in [0.2, 0.25) is 0 Å². The van der Waals surface area contributed by atoms with Crippen molar-refractivity contribution in [2.24, 2.45) is 11.8 Å². The predicted molar refractivity (Wildman–Crippen MR) is 116 cm³/mol. The number of benzene rings is 1. The molecule has 1 saturated heterocycles. The van der Waals surface area contributed by atoms with Gasteiger partial charge in [0.05, 0.1) is 12.0 Å². The molecule has 2 rings (SSSR count). The van der Waals surface area contributed by atoms with Gasteiger partial charge in [-0.3, -0.25) is 4.79 Å². The summed E-state index contributed by atoms with van der Waals surface area (Å²) < 4.78 is 31.7. The molecule has 3 N–H and O–H groups in total. The van der Waals surface area contributed by atoms with Crippen LogP contribution in [0.2, 0.25) is 0 Å². The Morgan fingerprint density at radius 3 is 2.12 bits per heavy atom. The fourth-order valence-corrected chi connectivity index (χ4v) is 3.57. The molecule has 8 nitrogen and oxygen atoms in total. The SMILES string of the molecule is CCc1ccc(C(CNC(=O)N2CCC(C(=O)O)C(C)C2)N(C)C)cc1.O=C(O)C(F)(F)F. The van der Waals surface area contributed by atoms with Gasteiger partial charge in [-0.15, -0.1) is 0 Å². The summed E-state index contributed by atoms with van der Waals surface area (Å²) in [7, 11) is 4.01. The number of carboxylic acid groups (broad SMARTS) is 2. The zero-order valence-electron chi connectivity index (χ0n) is 19.2. The summed E-state index contributed by atoms with van der Waals surface area (Å²) in [4.78, 5) is 36.5. The first-order valence-electron chi connectivity index (χ1n) is 10.6. The summed E-state index contributed by atoms with van der Waals surface area (Å²) in [5.41, 5.74) is 2.47. The number of nitrogens with zero attached hydrogens (tertiary/aromatic N) is 2. The molecule has 0 radical (unpaired) electrons. The molecular weight excluding hydrogens is 443 g/mol. The second-order valence-corrected chi connectivity index (χ2v) is 8.22. The summed E-state index contributed by atoms with van der Waals surface area (Å²) in [5.74, 6) is -3.91. The van der Waals surface area contributed by atoms with Gasteiger partial charge in [-0.25, -0.2) is 9.59 Å². The molecule has 2 amide bonds. The van der Waals surface area contributed by atoms with Crippen molar-refractivity contribution in [1.82, 2.24) is 15.1 Å². The predicted octanol–water partition coefficient (Wildman–Crippen LogP) is 3.24. The lowest BCUT2D eigenvalue weighted by molar-refractivity contribution is -0.192. The molecule has 0 bridgehead atoms. The van der Waals surface area contributed by atoms with Crippen LogP contribution in [0.4, 0.5) is 18.0 Å². The largest absolute Gasteiger partial charge is 0.490 e. The zero-order valence-corrected chi connectivity index (χ0v) is 19.2. The molecule has 1 aliphatic rings. The van der Waals surface area contributed by atoms with E-state index in [0.717, 1.165) is 6.42 Å². The smallest absolute Gasteiger partial charge is 0.481 e. The quantitative estimate of drug-likeness (QED) is 0.583. The van der Waals surface area contributed by atoms with E-state index in [-0.39, 0.29) is 23.9 Å². The van der Waals surface area contributed by atoms with E-state index in [4.69, 9.17) is 9.90 Å². The highest BCUT2D eigenvalue weighted by atomic mass is 19.4. The number of piperidine rings is 1. The zero-order chi connectivity index (χ0) is 25.3. The Morgan fingerprint density at radius 1 is 1.18 bits per heavy atom. The van der Waals surface area contributed by atoms with E-state index < -0.39 is 18.1 Å². The Bertz CT molecular complexity index is 799. The molecule has 33 heavy (non-hydrogen) atoms. The van der Waals surface area contributed by atoms with Crippen molar-refractivity contribution in [3.63, 3.8) is 0 Å². The number of hydrogen-bond donors (Lipinski definition) is 3. The molecule has 1 aromatic rings. The van der Waals surface area contributed by atoms with Gasteiger partial charge in [0.15, 0.2) is 0 Å². The molecule has 0 aromatic heterocycles. The minimum atomic E-state index is -5.08. The average molecular weight is 476 g/mol. The van der Waals surface area contributed by atoms with Gasteiger partial charge >= 0.3 is 24.1 Å². The van der Waals surface area contributed by atoms with Crippen LogP contribution in [0.25, 0.3) is 0 Å². The molecule has 1 aromatic carbocycles. The van der Waals surface area contributed by atoms with E-state index in [0.29, 0.717) is 26.1 Å². The van der Waals surface area contributed by atoms with Gasteiger partial charge in [0.25, 0.3) is 0 Å². The average Bonchev–Trinajstić information content (AvgIpc) is 2.73. The van der Waals surface area contributed by atoms with Gasteiger partial charge in [-0.05, 0) is 44.0 Å². The number of carbonyl (C=O) groups is 3. The Morgan fingerprint density at radius 2 is 1.73 bits per heavy atom. The van der Waals surface area contributed by atoms with Crippen LogP contribution < -0.4 is 5.32 Å². The highest BCUT2D eigenvalue weighted by molar-refractivity contribution is 5.75. The minimum Gasteiger partial charge on any atom is -0.481 e. The Balaban J connectivity index is 0.000000675. The summed E-state index contributed by atoms with van der Waals surface area (Å²) >= 11 is 0. The normalized spacial score (nSPS) is 19.3. The summed E-state index contributed by atoms with van der Waals surface area (Å²) in [5, 5.41) is 19.4. The van der Waals surface area contributed by atoms with Crippen LogP contribution >= 0.6 is 0 Å². The van der Waals surface area contributed by atoms with Crippen LogP contribution in [0, 0.1) is 11.8 Å². The number of carbonyl (C=O) groups excluding carboxylic acids is 1. The molecule has 11 heteroatoms. The van der Waals surface area contributed by atoms with E-state index in [1.165, 1.54) is 11.1 Å². The highest BCUT2D eigenvalue weighted by Crippen LogP contribution is 2.24. The molecule has 3 unspecified atom stereocenters. The third-order valence-electron chi connectivity index (χ3n) is 5.59. The van der Waals surface area contributed by atoms with Crippen molar-refractivity contribution in [3.8, 4) is 0 Å². The number of hydrogen-bond acceptors (Lipinski definition) is 4. The molecule has 1 fully saturated rings. The van der Waals surface area contributed by atoms with Gasteiger partial charge in [-0.2, -0.15) is 13.2 Å². The standard InChI is InChI=1S/C20H31N3O3.C2HF3O2/c1-5-15-6-8-16(9-7-15)18(22(3)4)12-21-20(26)23-11-10-17(19(24)25)14(2)13-23;3-2(4,5)1(6)7/h6-9,14,17-18H,5,10-13H2,1-4H3,(H,21,26)(H,24,25);(H,6,7). The second-order valence-electron chi connectivity index (χ2n) is 8.22. The van der Waals surface area contributed by atoms with Crippen LogP contribution in [0.3, 0.4) is 0 Å². The van der Waals surface area contributed by atoms with Crippen molar-refractivity contribution >= 4 is 18.0 Å². The number of likely N-dealkylation sites (tertiary alicyclic amines) is 1. The number of halogens is 3. The van der Waals surface area contributed by atoms with Crippen LogP contribution in [0.5, 0.6) is 0 Å². The van der Waals surface area contributed by atoms with Crippen molar-refractivity contribution in [2.45, 2.75) is 38.9 Å². The van der Waals surface area contributed by atoms with Gasteiger partial charge in [0, 0.05) is 19.6 Å². The number of aliphatic carboxylic acids is 2. The number of nitrogens with one attached hydrogen (secondary N) is 1.